The van der Waals surface area contributed by atoms with Crippen molar-refractivity contribution < 1.29 is 17.7 Å². The summed E-state index contributed by atoms with van der Waals surface area (Å²) in [7, 11) is -4.06. The molecule has 8 nitrogen and oxygen atoms in total. The van der Waals surface area contributed by atoms with Crippen molar-refractivity contribution >= 4 is 44.8 Å². The van der Waals surface area contributed by atoms with Gasteiger partial charge in [-0.05, 0) is 45.0 Å². The van der Waals surface area contributed by atoms with Crippen LogP contribution in [0.5, 0.6) is 0 Å². The van der Waals surface area contributed by atoms with E-state index >= 15 is 0 Å². The number of benzene rings is 2. The second-order valence-electron chi connectivity index (χ2n) is 6.64. The zero-order valence-corrected chi connectivity index (χ0v) is 19.3. The molecule has 1 unspecified atom stereocenters. The molecule has 1 amide bonds. The topological polar surface area (TPSA) is 105 Å². The van der Waals surface area contributed by atoms with Crippen molar-refractivity contribution in [2.45, 2.75) is 31.7 Å². The van der Waals surface area contributed by atoms with Gasteiger partial charge in [-0.25, -0.2) is 8.42 Å². The highest BCUT2D eigenvalue weighted by Gasteiger charge is 2.29. The van der Waals surface area contributed by atoms with Crippen molar-refractivity contribution in [1.29, 1.82) is 0 Å². The van der Waals surface area contributed by atoms with Crippen LogP contribution in [0.1, 0.15) is 42.0 Å². The fourth-order valence-corrected chi connectivity index (χ4v) is 5.24. The van der Waals surface area contributed by atoms with Gasteiger partial charge in [-0.1, -0.05) is 46.6 Å². The van der Waals surface area contributed by atoms with E-state index in [0.717, 1.165) is 0 Å². The molecule has 31 heavy (non-hydrogen) atoms. The first-order valence-corrected chi connectivity index (χ1v) is 11.5. The maximum atomic E-state index is 13.4. The third-order valence-corrected chi connectivity index (χ3v) is 7.11. The number of aromatic nitrogens is 2. The van der Waals surface area contributed by atoms with E-state index in [1.165, 1.54) is 16.4 Å². The Morgan fingerprint density at radius 2 is 1.87 bits per heavy atom. The number of nitrogens with zero attached hydrogens (tertiary/aromatic N) is 3. The molecule has 0 saturated carbocycles. The zero-order chi connectivity index (χ0) is 22.8. The molecule has 1 aromatic heterocycles. The molecular weight excluding hydrogens is 463 g/mol. The third-order valence-electron chi connectivity index (χ3n) is 4.43. The standard InChI is InChI=1S/C20H20Cl2N4O4S/c1-4-26(14-8-6-5-7-9-14)31(28,29)18-10-15(16(21)11-17(18)22)19(27)23-12(2)20-24-13(3)25-30-20/h5-12H,4H2,1-3H3,(H,23,27). The number of rotatable bonds is 7. The van der Waals surface area contributed by atoms with Gasteiger partial charge < -0.3 is 9.84 Å². The molecule has 1 heterocycles. The molecule has 0 spiro atoms. The van der Waals surface area contributed by atoms with Crippen molar-refractivity contribution in [3.8, 4) is 0 Å². The van der Waals surface area contributed by atoms with Crippen LogP contribution in [0, 0.1) is 6.92 Å². The van der Waals surface area contributed by atoms with Crippen LogP contribution in [0.2, 0.25) is 10.0 Å². The number of para-hydroxylation sites is 1. The fraction of sp³-hybridized carbons (Fsp3) is 0.250. The lowest BCUT2D eigenvalue weighted by atomic mass is 10.2. The molecule has 1 atom stereocenters. The number of carbonyl (C=O) groups excluding carboxylic acids is 1. The summed E-state index contributed by atoms with van der Waals surface area (Å²) in [6, 6.07) is 10.4. The highest BCUT2D eigenvalue weighted by molar-refractivity contribution is 7.93. The first-order valence-electron chi connectivity index (χ1n) is 9.33. The molecule has 0 saturated heterocycles. The molecule has 2 aromatic carbocycles. The van der Waals surface area contributed by atoms with E-state index in [4.69, 9.17) is 27.7 Å². The normalized spacial score (nSPS) is 12.4. The highest BCUT2D eigenvalue weighted by atomic mass is 35.5. The minimum atomic E-state index is -4.06. The summed E-state index contributed by atoms with van der Waals surface area (Å²) in [5, 5.41) is 6.28. The molecule has 11 heteroatoms. The third kappa shape index (κ3) is 4.84. The Morgan fingerprint density at radius 1 is 1.19 bits per heavy atom. The summed E-state index contributed by atoms with van der Waals surface area (Å²) in [6.07, 6.45) is 0. The summed E-state index contributed by atoms with van der Waals surface area (Å²) in [5.41, 5.74) is 0.430. The second kappa shape index (κ2) is 9.25. The van der Waals surface area contributed by atoms with Crippen LogP contribution in [0.15, 0.2) is 51.9 Å². The Bertz CT molecular complexity index is 1200. The first kappa shape index (κ1) is 23.1. The maximum absolute atomic E-state index is 13.4. The van der Waals surface area contributed by atoms with Crippen molar-refractivity contribution in [1.82, 2.24) is 15.5 Å². The van der Waals surface area contributed by atoms with E-state index in [9.17, 15) is 13.2 Å². The highest BCUT2D eigenvalue weighted by Crippen LogP contribution is 2.33. The summed E-state index contributed by atoms with van der Waals surface area (Å²) in [5.74, 6) is 0.0313. The van der Waals surface area contributed by atoms with Gasteiger partial charge in [0, 0.05) is 6.54 Å². The van der Waals surface area contributed by atoms with Gasteiger partial charge in [0.15, 0.2) is 5.82 Å². The van der Waals surface area contributed by atoms with Gasteiger partial charge in [-0.2, -0.15) is 4.98 Å². The van der Waals surface area contributed by atoms with E-state index in [2.05, 4.69) is 15.5 Å². The summed E-state index contributed by atoms with van der Waals surface area (Å²) in [4.78, 5) is 16.7. The van der Waals surface area contributed by atoms with E-state index in [-0.39, 0.29) is 32.9 Å². The van der Waals surface area contributed by atoms with Gasteiger partial charge in [0.25, 0.3) is 15.9 Å². The van der Waals surface area contributed by atoms with Gasteiger partial charge in [-0.15, -0.1) is 0 Å². The van der Waals surface area contributed by atoms with E-state index < -0.39 is 22.0 Å². The lowest BCUT2D eigenvalue weighted by molar-refractivity contribution is 0.0932. The van der Waals surface area contributed by atoms with Crippen LogP contribution in [-0.4, -0.2) is 31.0 Å². The summed E-state index contributed by atoms with van der Waals surface area (Å²) >= 11 is 12.4. The van der Waals surface area contributed by atoms with Crippen LogP contribution < -0.4 is 9.62 Å². The maximum Gasteiger partial charge on any atom is 0.265 e. The largest absolute Gasteiger partial charge is 0.340 e. The molecule has 0 fully saturated rings. The molecule has 164 valence electrons. The molecule has 3 aromatic rings. The molecule has 0 bridgehead atoms. The molecule has 1 N–H and O–H groups in total. The van der Waals surface area contributed by atoms with Gasteiger partial charge in [0.2, 0.25) is 5.89 Å². The predicted molar refractivity (Wildman–Crippen MR) is 118 cm³/mol. The predicted octanol–water partition coefficient (Wildman–Crippen LogP) is 4.39. The number of anilines is 1. The van der Waals surface area contributed by atoms with E-state index in [1.807, 2.05) is 0 Å². The Labute approximate surface area is 190 Å². The van der Waals surface area contributed by atoms with Crippen LogP contribution in [0.4, 0.5) is 5.69 Å². The van der Waals surface area contributed by atoms with Crippen molar-refractivity contribution in [3.63, 3.8) is 0 Å². The minimum absolute atomic E-state index is 0.0121. The molecule has 3 rings (SSSR count). The van der Waals surface area contributed by atoms with Crippen molar-refractivity contribution in [3.05, 3.63) is 69.8 Å². The average molecular weight is 483 g/mol. The Morgan fingerprint density at radius 3 is 2.45 bits per heavy atom. The van der Waals surface area contributed by atoms with Crippen LogP contribution in [0.3, 0.4) is 0 Å². The molecular formula is C20H20Cl2N4O4S. The average Bonchev–Trinajstić information content (AvgIpc) is 3.15. The molecule has 0 aliphatic carbocycles. The van der Waals surface area contributed by atoms with E-state index in [1.54, 1.807) is 51.1 Å². The number of sulfonamides is 1. The van der Waals surface area contributed by atoms with E-state index in [0.29, 0.717) is 11.5 Å². The number of carbonyl (C=O) groups is 1. The first-order chi connectivity index (χ1) is 14.6. The number of hydrogen-bond acceptors (Lipinski definition) is 6. The summed E-state index contributed by atoms with van der Waals surface area (Å²) in [6.45, 7) is 5.18. The zero-order valence-electron chi connectivity index (χ0n) is 17.0. The minimum Gasteiger partial charge on any atom is -0.340 e. The Hall–Kier alpha value is -2.62. The van der Waals surface area contributed by atoms with Crippen molar-refractivity contribution in [2.75, 3.05) is 10.8 Å². The number of nitrogens with one attached hydrogen (secondary N) is 1. The van der Waals surface area contributed by atoms with Crippen molar-refractivity contribution in [2.24, 2.45) is 0 Å². The smallest absolute Gasteiger partial charge is 0.265 e. The second-order valence-corrected chi connectivity index (χ2v) is 9.29. The SMILES string of the molecule is CCN(c1ccccc1)S(=O)(=O)c1cc(C(=O)NC(C)c2nc(C)no2)c(Cl)cc1Cl. The molecule has 0 aliphatic heterocycles. The Balaban J connectivity index is 1.97. The van der Waals surface area contributed by atoms with Gasteiger partial charge in [0.1, 0.15) is 10.9 Å². The number of amides is 1. The fourth-order valence-electron chi connectivity index (χ4n) is 2.93. The quantitative estimate of drug-likeness (QED) is 0.535. The lowest BCUT2D eigenvalue weighted by Crippen LogP contribution is -2.32. The molecule has 0 aliphatic rings. The number of halogens is 2. The molecule has 0 radical (unpaired) electrons. The Kier molecular flexibility index (Phi) is 6.88. The van der Waals surface area contributed by atoms with Crippen LogP contribution in [0.25, 0.3) is 0 Å². The van der Waals surface area contributed by atoms with Crippen LogP contribution >= 0.6 is 23.2 Å². The lowest BCUT2D eigenvalue weighted by Gasteiger charge is -2.24. The number of aryl methyl sites for hydroxylation is 1. The van der Waals surface area contributed by atoms with Gasteiger partial charge >= 0.3 is 0 Å². The number of hydrogen-bond donors (Lipinski definition) is 1. The monoisotopic (exact) mass is 482 g/mol. The summed E-state index contributed by atoms with van der Waals surface area (Å²) < 4.78 is 33.0. The van der Waals surface area contributed by atoms with Crippen LogP contribution in [-0.2, 0) is 10.0 Å². The van der Waals surface area contributed by atoms with Gasteiger partial charge in [0.05, 0.1) is 21.3 Å². The van der Waals surface area contributed by atoms with Gasteiger partial charge in [-0.3, -0.25) is 9.10 Å².